The van der Waals surface area contributed by atoms with Gasteiger partial charge in [0.2, 0.25) is 11.8 Å². The van der Waals surface area contributed by atoms with E-state index in [0.717, 1.165) is 45.3 Å². The van der Waals surface area contributed by atoms with Crippen molar-refractivity contribution in [3.8, 4) is 0 Å². The monoisotopic (exact) mass is 385 g/mol. The van der Waals surface area contributed by atoms with Gasteiger partial charge in [-0.15, -0.1) is 0 Å². The van der Waals surface area contributed by atoms with Crippen LogP contribution in [0, 0.1) is 5.92 Å². The molecule has 1 aliphatic heterocycles. The van der Waals surface area contributed by atoms with E-state index in [-0.39, 0.29) is 23.1 Å². The first-order chi connectivity index (χ1) is 13.5. The summed E-state index contributed by atoms with van der Waals surface area (Å²) in [6, 6.07) is 10.7. The fourth-order valence-electron chi connectivity index (χ4n) is 4.82. The molecule has 154 valence electrons. The number of piperidine rings is 1. The molecule has 0 unspecified atom stereocenters. The largest absolute Gasteiger partial charge is 0.354 e. The summed E-state index contributed by atoms with van der Waals surface area (Å²) in [6.07, 6.45) is 7.75. The van der Waals surface area contributed by atoms with Crippen LogP contribution in [-0.4, -0.2) is 61.9 Å². The number of carbonyl (C=O) groups excluding carboxylic acids is 2. The van der Waals surface area contributed by atoms with Crippen molar-refractivity contribution in [3.63, 3.8) is 0 Å². The summed E-state index contributed by atoms with van der Waals surface area (Å²) in [5.41, 5.74) is 1.44. The average Bonchev–Trinajstić information content (AvgIpc) is 2.73. The van der Waals surface area contributed by atoms with Crippen LogP contribution in [0.4, 0.5) is 0 Å². The molecule has 1 saturated heterocycles. The zero-order valence-electron chi connectivity index (χ0n) is 17.5. The maximum atomic E-state index is 12.6. The lowest BCUT2D eigenvalue weighted by Gasteiger charge is -2.38. The quantitative estimate of drug-likeness (QED) is 0.819. The maximum absolute atomic E-state index is 12.6. The number of rotatable bonds is 6. The zero-order chi connectivity index (χ0) is 20.0. The van der Waals surface area contributed by atoms with E-state index in [0.29, 0.717) is 6.54 Å². The summed E-state index contributed by atoms with van der Waals surface area (Å²) < 4.78 is 0. The first-order valence-electron chi connectivity index (χ1n) is 10.8. The second-order valence-corrected chi connectivity index (χ2v) is 8.77. The van der Waals surface area contributed by atoms with Crippen LogP contribution in [-0.2, 0) is 15.0 Å². The van der Waals surface area contributed by atoms with Crippen molar-refractivity contribution < 1.29 is 9.59 Å². The Labute approximate surface area is 169 Å². The molecule has 5 nitrogen and oxygen atoms in total. The molecular weight excluding hydrogens is 350 g/mol. The molecule has 5 heteroatoms. The SMILES string of the molecule is CN(C)C(=O)C1CCN(CC(=O)NCC2(c3ccccc3)CCCCC2)CC1. The van der Waals surface area contributed by atoms with Crippen LogP contribution in [0.5, 0.6) is 0 Å². The average molecular weight is 386 g/mol. The summed E-state index contributed by atoms with van der Waals surface area (Å²) in [6.45, 7) is 2.81. The van der Waals surface area contributed by atoms with E-state index in [1.807, 2.05) is 14.1 Å². The van der Waals surface area contributed by atoms with E-state index >= 15 is 0 Å². The molecule has 1 N–H and O–H groups in total. The maximum Gasteiger partial charge on any atom is 0.234 e. The Bertz CT molecular complexity index is 645. The fourth-order valence-corrected chi connectivity index (χ4v) is 4.82. The lowest BCUT2D eigenvalue weighted by atomic mass is 9.69. The number of nitrogens with one attached hydrogen (secondary N) is 1. The smallest absolute Gasteiger partial charge is 0.234 e. The van der Waals surface area contributed by atoms with Crippen molar-refractivity contribution in [2.75, 3.05) is 40.3 Å². The molecule has 1 heterocycles. The molecule has 3 rings (SSSR count). The normalized spacial score (nSPS) is 20.5. The van der Waals surface area contributed by atoms with E-state index < -0.39 is 0 Å². The Balaban J connectivity index is 1.50. The van der Waals surface area contributed by atoms with E-state index in [1.165, 1.54) is 24.8 Å². The molecule has 28 heavy (non-hydrogen) atoms. The van der Waals surface area contributed by atoms with Gasteiger partial charge in [0.15, 0.2) is 0 Å². The van der Waals surface area contributed by atoms with Crippen LogP contribution in [0.3, 0.4) is 0 Å². The molecule has 1 aliphatic carbocycles. The first-order valence-corrected chi connectivity index (χ1v) is 10.8. The van der Waals surface area contributed by atoms with Crippen LogP contribution >= 0.6 is 0 Å². The molecule has 2 fully saturated rings. The molecule has 0 aromatic heterocycles. The van der Waals surface area contributed by atoms with E-state index in [9.17, 15) is 9.59 Å². The lowest BCUT2D eigenvalue weighted by molar-refractivity contribution is -0.134. The van der Waals surface area contributed by atoms with Crippen LogP contribution in [0.15, 0.2) is 30.3 Å². The third-order valence-electron chi connectivity index (χ3n) is 6.57. The van der Waals surface area contributed by atoms with Gasteiger partial charge in [-0.25, -0.2) is 0 Å². The van der Waals surface area contributed by atoms with Crippen molar-refractivity contribution in [1.82, 2.24) is 15.1 Å². The molecule has 1 aromatic carbocycles. The number of hydrogen-bond donors (Lipinski definition) is 1. The van der Waals surface area contributed by atoms with Crippen LogP contribution < -0.4 is 5.32 Å². The Morgan fingerprint density at radius 1 is 1.07 bits per heavy atom. The summed E-state index contributed by atoms with van der Waals surface area (Å²) in [5.74, 6) is 0.433. The third-order valence-corrected chi connectivity index (χ3v) is 6.57. The predicted molar refractivity (Wildman–Crippen MR) is 112 cm³/mol. The lowest BCUT2D eigenvalue weighted by Crippen LogP contribution is -2.47. The van der Waals surface area contributed by atoms with Crippen LogP contribution in [0.2, 0.25) is 0 Å². The summed E-state index contributed by atoms with van der Waals surface area (Å²) in [4.78, 5) is 28.6. The number of benzene rings is 1. The van der Waals surface area contributed by atoms with Gasteiger partial charge in [0.1, 0.15) is 0 Å². The van der Waals surface area contributed by atoms with Crippen molar-refractivity contribution in [2.45, 2.75) is 50.4 Å². The Hall–Kier alpha value is -1.88. The van der Waals surface area contributed by atoms with Gasteiger partial charge < -0.3 is 10.2 Å². The first kappa shape index (κ1) is 20.8. The highest BCUT2D eigenvalue weighted by Gasteiger charge is 2.34. The van der Waals surface area contributed by atoms with E-state index in [4.69, 9.17) is 0 Å². The second-order valence-electron chi connectivity index (χ2n) is 8.77. The van der Waals surface area contributed by atoms with Crippen molar-refractivity contribution in [2.24, 2.45) is 5.92 Å². The molecule has 0 bridgehead atoms. The second kappa shape index (κ2) is 9.55. The Morgan fingerprint density at radius 3 is 2.32 bits per heavy atom. The number of amides is 2. The standard InChI is InChI=1S/C23H35N3O2/c1-25(2)22(28)19-11-15-26(16-12-19)17-21(27)24-18-23(13-7-4-8-14-23)20-9-5-3-6-10-20/h3,5-6,9-10,19H,4,7-8,11-18H2,1-2H3,(H,24,27). The minimum absolute atomic E-state index is 0.0836. The molecular formula is C23H35N3O2. The van der Waals surface area contributed by atoms with Gasteiger partial charge >= 0.3 is 0 Å². The number of likely N-dealkylation sites (tertiary alicyclic amines) is 1. The van der Waals surface area contributed by atoms with Gasteiger partial charge in [-0.3, -0.25) is 14.5 Å². The molecule has 1 saturated carbocycles. The van der Waals surface area contributed by atoms with Gasteiger partial charge in [-0.2, -0.15) is 0 Å². The van der Waals surface area contributed by atoms with Crippen molar-refractivity contribution in [3.05, 3.63) is 35.9 Å². The van der Waals surface area contributed by atoms with Gasteiger partial charge in [-0.1, -0.05) is 49.6 Å². The van der Waals surface area contributed by atoms with Gasteiger partial charge in [-0.05, 0) is 44.3 Å². The van der Waals surface area contributed by atoms with Crippen molar-refractivity contribution >= 4 is 11.8 Å². The minimum Gasteiger partial charge on any atom is -0.354 e. The molecule has 0 atom stereocenters. The van der Waals surface area contributed by atoms with Crippen LogP contribution in [0.25, 0.3) is 0 Å². The predicted octanol–water partition coefficient (Wildman–Crippen LogP) is 2.80. The van der Waals surface area contributed by atoms with Gasteiger partial charge in [0.25, 0.3) is 0 Å². The van der Waals surface area contributed by atoms with E-state index in [2.05, 4.69) is 40.5 Å². The zero-order valence-corrected chi connectivity index (χ0v) is 17.5. The highest BCUT2D eigenvalue weighted by Crippen LogP contribution is 2.38. The van der Waals surface area contributed by atoms with E-state index in [1.54, 1.807) is 4.90 Å². The van der Waals surface area contributed by atoms with Crippen molar-refractivity contribution in [1.29, 1.82) is 0 Å². The van der Waals surface area contributed by atoms with Gasteiger partial charge in [0, 0.05) is 32.0 Å². The van der Waals surface area contributed by atoms with Gasteiger partial charge in [0.05, 0.1) is 6.54 Å². The molecule has 1 aromatic rings. The topological polar surface area (TPSA) is 52.7 Å². The number of nitrogens with zero attached hydrogens (tertiary/aromatic N) is 2. The molecule has 0 spiro atoms. The fraction of sp³-hybridized carbons (Fsp3) is 0.652. The number of carbonyl (C=O) groups is 2. The Morgan fingerprint density at radius 2 is 1.71 bits per heavy atom. The third kappa shape index (κ3) is 5.13. The summed E-state index contributed by atoms with van der Waals surface area (Å²) >= 11 is 0. The summed E-state index contributed by atoms with van der Waals surface area (Å²) in [5, 5.41) is 3.24. The minimum atomic E-state index is 0.0836. The highest BCUT2D eigenvalue weighted by molar-refractivity contribution is 5.79. The molecule has 0 radical (unpaired) electrons. The molecule has 2 amide bonds. The Kier molecular flexibility index (Phi) is 7.11. The summed E-state index contributed by atoms with van der Waals surface area (Å²) in [7, 11) is 3.63. The highest BCUT2D eigenvalue weighted by atomic mass is 16.2. The molecule has 2 aliphatic rings. The number of hydrogen-bond acceptors (Lipinski definition) is 3. The van der Waals surface area contributed by atoms with Crippen LogP contribution in [0.1, 0.15) is 50.5 Å².